The second-order valence-corrected chi connectivity index (χ2v) is 4.86. The van der Waals surface area contributed by atoms with Crippen molar-refractivity contribution in [2.24, 2.45) is 5.73 Å². The average Bonchev–Trinajstić information content (AvgIpc) is 2.41. The van der Waals surface area contributed by atoms with Crippen LogP contribution >= 0.6 is 23.2 Å². The molecule has 0 aromatic heterocycles. The third kappa shape index (κ3) is 3.00. The van der Waals surface area contributed by atoms with Crippen molar-refractivity contribution in [2.75, 3.05) is 7.11 Å². The Labute approximate surface area is 120 Å². The van der Waals surface area contributed by atoms with E-state index < -0.39 is 11.9 Å². The van der Waals surface area contributed by atoms with Gasteiger partial charge in [0, 0.05) is 0 Å². The number of hydrogen-bond acceptors (Lipinski definition) is 2. The van der Waals surface area contributed by atoms with Gasteiger partial charge < -0.3 is 10.5 Å². The Morgan fingerprint density at radius 3 is 2.32 bits per heavy atom. The topological polar surface area (TPSA) is 35.2 Å². The lowest BCUT2D eigenvalue weighted by Crippen LogP contribution is -2.12. The zero-order valence-electron chi connectivity index (χ0n) is 10.2. The van der Waals surface area contributed by atoms with E-state index in [0.717, 1.165) is 11.1 Å². The van der Waals surface area contributed by atoms with Crippen molar-refractivity contribution in [3.8, 4) is 5.75 Å². The molecule has 0 bridgehead atoms. The van der Waals surface area contributed by atoms with Gasteiger partial charge in [-0.1, -0.05) is 35.3 Å². The summed E-state index contributed by atoms with van der Waals surface area (Å²) in [6, 6.07) is 9.25. The third-order valence-corrected chi connectivity index (χ3v) is 3.44. The van der Waals surface area contributed by atoms with Crippen molar-refractivity contribution in [3.63, 3.8) is 0 Å². The summed E-state index contributed by atoms with van der Waals surface area (Å²) in [5.74, 6) is 0.0779. The third-order valence-electron chi connectivity index (χ3n) is 2.84. The largest absolute Gasteiger partial charge is 0.495 e. The quantitative estimate of drug-likeness (QED) is 0.922. The molecule has 0 amide bonds. The lowest BCUT2D eigenvalue weighted by atomic mass is 9.99. The molecule has 2 rings (SSSR count). The Morgan fingerprint density at radius 1 is 1.05 bits per heavy atom. The van der Waals surface area contributed by atoms with E-state index in [1.54, 1.807) is 24.3 Å². The van der Waals surface area contributed by atoms with Crippen LogP contribution < -0.4 is 10.5 Å². The van der Waals surface area contributed by atoms with Crippen LogP contribution in [-0.4, -0.2) is 7.11 Å². The molecule has 0 aliphatic rings. The fraction of sp³-hybridized carbons (Fsp3) is 0.143. The van der Waals surface area contributed by atoms with Gasteiger partial charge in [0.15, 0.2) is 0 Å². The summed E-state index contributed by atoms with van der Waals surface area (Å²) < 4.78 is 18.3. The zero-order chi connectivity index (χ0) is 14.0. The number of methoxy groups -OCH3 is 1. The first-order valence-electron chi connectivity index (χ1n) is 5.57. The second kappa shape index (κ2) is 5.78. The van der Waals surface area contributed by atoms with Crippen molar-refractivity contribution in [1.82, 2.24) is 0 Å². The summed E-state index contributed by atoms with van der Waals surface area (Å²) in [5, 5.41) is 0.560. The highest BCUT2D eigenvalue weighted by Gasteiger charge is 2.13. The number of benzene rings is 2. The van der Waals surface area contributed by atoms with Gasteiger partial charge in [-0.15, -0.1) is 0 Å². The van der Waals surface area contributed by atoms with Gasteiger partial charge in [0.2, 0.25) is 0 Å². The first-order valence-corrected chi connectivity index (χ1v) is 6.32. The van der Waals surface area contributed by atoms with Crippen LogP contribution in [0.2, 0.25) is 10.0 Å². The predicted molar refractivity (Wildman–Crippen MR) is 75.4 cm³/mol. The minimum atomic E-state index is -0.466. The lowest BCUT2D eigenvalue weighted by Gasteiger charge is -2.14. The van der Waals surface area contributed by atoms with Gasteiger partial charge in [0.25, 0.3) is 0 Å². The summed E-state index contributed by atoms with van der Waals surface area (Å²) >= 11 is 11.7. The summed E-state index contributed by atoms with van der Waals surface area (Å²) in [4.78, 5) is 0. The maximum Gasteiger partial charge on any atom is 0.141 e. The average molecular weight is 300 g/mol. The van der Waals surface area contributed by atoms with E-state index in [4.69, 9.17) is 33.7 Å². The van der Waals surface area contributed by atoms with E-state index in [1.165, 1.54) is 19.2 Å². The van der Waals surface area contributed by atoms with E-state index in [0.29, 0.717) is 10.8 Å². The fourth-order valence-electron chi connectivity index (χ4n) is 1.77. The number of ether oxygens (including phenoxy) is 1. The van der Waals surface area contributed by atoms with Crippen LogP contribution in [-0.2, 0) is 0 Å². The highest BCUT2D eigenvalue weighted by atomic mass is 35.5. The van der Waals surface area contributed by atoms with Gasteiger partial charge in [0.05, 0.1) is 23.2 Å². The van der Waals surface area contributed by atoms with Gasteiger partial charge in [-0.2, -0.15) is 0 Å². The SMILES string of the molecule is COc1cc(C(N)c2ccc(F)c(Cl)c2)ccc1Cl. The molecule has 2 N–H and O–H groups in total. The Hall–Kier alpha value is -1.29. The molecule has 0 saturated carbocycles. The van der Waals surface area contributed by atoms with Crippen LogP contribution in [0.25, 0.3) is 0 Å². The molecule has 0 aliphatic heterocycles. The molecule has 1 unspecified atom stereocenters. The molecule has 0 radical (unpaired) electrons. The second-order valence-electron chi connectivity index (χ2n) is 4.05. The minimum Gasteiger partial charge on any atom is -0.495 e. The summed E-state index contributed by atoms with van der Waals surface area (Å²) in [7, 11) is 1.53. The van der Waals surface area contributed by atoms with E-state index >= 15 is 0 Å². The highest BCUT2D eigenvalue weighted by molar-refractivity contribution is 6.32. The van der Waals surface area contributed by atoms with Crippen LogP contribution in [0.15, 0.2) is 36.4 Å². The van der Waals surface area contributed by atoms with Crippen LogP contribution in [0, 0.1) is 5.82 Å². The molecule has 19 heavy (non-hydrogen) atoms. The predicted octanol–water partition coefficient (Wildman–Crippen LogP) is 4.19. The highest BCUT2D eigenvalue weighted by Crippen LogP contribution is 2.30. The van der Waals surface area contributed by atoms with E-state index in [9.17, 15) is 4.39 Å². The number of rotatable bonds is 3. The lowest BCUT2D eigenvalue weighted by molar-refractivity contribution is 0.414. The van der Waals surface area contributed by atoms with Crippen molar-refractivity contribution in [3.05, 3.63) is 63.4 Å². The standard InChI is InChI=1S/C14H12Cl2FNO/c1-19-13-7-9(2-4-10(13)15)14(18)8-3-5-12(17)11(16)6-8/h2-7,14H,18H2,1H3. The number of hydrogen-bond donors (Lipinski definition) is 1. The molecule has 0 spiro atoms. The van der Waals surface area contributed by atoms with E-state index in [2.05, 4.69) is 0 Å². The maximum absolute atomic E-state index is 13.1. The maximum atomic E-state index is 13.1. The van der Waals surface area contributed by atoms with Gasteiger partial charge in [-0.25, -0.2) is 4.39 Å². The molecule has 0 fully saturated rings. The monoisotopic (exact) mass is 299 g/mol. The number of halogens is 3. The van der Waals surface area contributed by atoms with Crippen molar-refractivity contribution >= 4 is 23.2 Å². The van der Waals surface area contributed by atoms with Crippen LogP contribution in [0.3, 0.4) is 0 Å². The van der Waals surface area contributed by atoms with Crippen molar-refractivity contribution in [2.45, 2.75) is 6.04 Å². The molecule has 0 heterocycles. The Morgan fingerprint density at radius 2 is 1.68 bits per heavy atom. The summed E-state index contributed by atoms with van der Waals surface area (Å²) in [5.41, 5.74) is 7.66. The molecular formula is C14H12Cl2FNO. The molecule has 5 heteroatoms. The molecule has 0 saturated heterocycles. The first-order chi connectivity index (χ1) is 9.02. The van der Waals surface area contributed by atoms with Crippen molar-refractivity contribution < 1.29 is 9.13 Å². The molecule has 1 atom stereocenters. The Balaban J connectivity index is 2.37. The summed E-state index contributed by atoms with van der Waals surface area (Å²) in [6.45, 7) is 0. The normalized spacial score (nSPS) is 12.3. The first kappa shape index (κ1) is 14.1. The van der Waals surface area contributed by atoms with Gasteiger partial charge in [-0.05, 0) is 35.4 Å². The Bertz CT molecular complexity index is 604. The van der Waals surface area contributed by atoms with Gasteiger partial charge in [-0.3, -0.25) is 0 Å². The molecule has 2 aromatic rings. The van der Waals surface area contributed by atoms with Crippen LogP contribution in [0.5, 0.6) is 5.75 Å². The van der Waals surface area contributed by atoms with E-state index in [-0.39, 0.29) is 5.02 Å². The Kier molecular flexibility index (Phi) is 4.30. The van der Waals surface area contributed by atoms with Crippen LogP contribution in [0.1, 0.15) is 17.2 Å². The zero-order valence-corrected chi connectivity index (χ0v) is 11.7. The molecule has 0 aliphatic carbocycles. The fourth-order valence-corrected chi connectivity index (χ4v) is 2.15. The van der Waals surface area contributed by atoms with Gasteiger partial charge >= 0.3 is 0 Å². The van der Waals surface area contributed by atoms with Crippen molar-refractivity contribution in [1.29, 1.82) is 0 Å². The smallest absolute Gasteiger partial charge is 0.141 e. The molecular weight excluding hydrogens is 288 g/mol. The number of nitrogens with two attached hydrogens (primary N) is 1. The summed E-state index contributed by atoms with van der Waals surface area (Å²) in [6.07, 6.45) is 0. The van der Waals surface area contributed by atoms with E-state index in [1.807, 2.05) is 0 Å². The molecule has 2 aromatic carbocycles. The van der Waals surface area contributed by atoms with Gasteiger partial charge in [0.1, 0.15) is 11.6 Å². The molecule has 2 nitrogen and oxygen atoms in total. The van der Waals surface area contributed by atoms with Crippen LogP contribution in [0.4, 0.5) is 4.39 Å². The minimum absolute atomic E-state index is 0.0499. The molecule has 100 valence electrons.